The third-order valence-electron chi connectivity index (χ3n) is 4.04. The van der Waals surface area contributed by atoms with E-state index < -0.39 is 5.97 Å². The summed E-state index contributed by atoms with van der Waals surface area (Å²) in [4.78, 5) is 24.7. The van der Waals surface area contributed by atoms with Crippen molar-refractivity contribution in [2.24, 2.45) is 0 Å². The number of nitrogens with one attached hydrogen (secondary N) is 1. The van der Waals surface area contributed by atoms with Crippen molar-refractivity contribution in [3.63, 3.8) is 0 Å². The van der Waals surface area contributed by atoms with Crippen molar-refractivity contribution in [3.05, 3.63) is 59.2 Å². The van der Waals surface area contributed by atoms with Crippen LogP contribution in [0.4, 0.5) is 11.4 Å². The van der Waals surface area contributed by atoms with E-state index in [2.05, 4.69) is 5.32 Å². The van der Waals surface area contributed by atoms with E-state index in [9.17, 15) is 9.59 Å². The van der Waals surface area contributed by atoms with E-state index in [-0.39, 0.29) is 18.9 Å². The molecule has 0 heterocycles. The van der Waals surface area contributed by atoms with E-state index >= 15 is 0 Å². The molecule has 2 aromatic carbocycles. The first-order chi connectivity index (χ1) is 11.4. The minimum absolute atomic E-state index is 0.0746. The fourth-order valence-electron chi connectivity index (χ4n) is 2.38. The molecular formula is C19H22N2O3. The van der Waals surface area contributed by atoms with Crippen LogP contribution in [0.25, 0.3) is 0 Å². The van der Waals surface area contributed by atoms with Gasteiger partial charge in [0.25, 0.3) is 5.91 Å². The Bertz CT molecular complexity index is 756. The maximum absolute atomic E-state index is 12.6. The van der Waals surface area contributed by atoms with Gasteiger partial charge in [-0.05, 0) is 43.2 Å². The Morgan fingerprint density at radius 3 is 2.42 bits per heavy atom. The van der Waals surface area contributed by atoms with Gasteiger partial charge in [-0.15, -0.1) is 0 Å². The summed E-state index contributed by atoms with van der Waals surface area (Å²) in [6.07, 6.45) is -0.0746. The number of amides is 1. The van der Waals surface area contributed by atoms with Gasteiger partial charge in [0.15, 0.2) is 0 Å². The first-order valence-electron chi connectivity index (χ1n) is 7.79. The van der Waals surface area contributed by atoms with E-state index in [4.69, 9.17) is 5.11 Å². The van der Waals surface area contributed by atoms with Gasteiger partial charge in [0.1, 0.15) is 0 Å². The van der Waals surface area contributed by atoms with Gasteiger partial charge < -0.3 is 15.3 Å². The number of benzene rings is 2. The number of nitrogens with zero attached hydrogens (tertiary/aromatic N) is 1. The molecule has 0 unspecified atom stereocenters. The molecule has 5 heteroatoms. The van der Waals surface area contributed by atoms with Crippen LogP contribution in [0.5, 0.6) is 0 Å². The zero-order valence-corrected chi connectivity index (χ0v) is 14.2. The van der Waals surface area contributed by atoms with Gasteiger partial charge in [-0.3, -0.25) is 9.59 Å². The van der Waals surface area contributed by atoms with Crippen molar-refractivity contribution in [2.45, 2.75) is 20.3 Å². The fourth-order valence-corrected chi connectivity index (χ4v) is 2.38. The Hall–Kier alpha value is -2.82. The Balaban J connectivity index is 2.25. The molecule has 0 radical (unpaired) electrons. The summed E-state index contributed by atoms with van der Waals surface area (Å²) in [6.45, 7) is 4.24. The van der Waals surface area contributed by atoms with E-state index in [1.165, 1.54) is 10.5 Å². The second-order valence-corrected chi connectivity index (χ2v) is 5.79. The average Bonchev–Trinajstić information content (AvgIpc) is 2.56. The van der Waals surface area contributed by atoms with E-state index in [1.54, 1.807) is 19.2 Å². The zero-order chi connectivity index (χ0) is 17.7. The summed E-state index contributed by atoms with van der Waals surface area (Å²) in [5.41, 5.74) is 4.47. The quantitative estimate of drug-likeness (QED) is 0.851. The predicted octanol–water partition coefficient (Wildman–Crippen LogP) is 3.59. The Morgan fingerprint density at radius 2 is 1.71 bits per heavy atom. The molecule has 0 aromatic heterocycles. The number of carboxylic acids is 1. The number of rotatable bonds is 6. The monoisotopic (exact) mass is 326 g/mol. The number of aryl methyl sites for hydroxylation is 1. The molecule has 0 atom stereocenters. The van der Waals surface area contributed by atoms with Crippen LogP contribution in [-0.4, -0.2) is 35.5 Å². The lowest BCUT2D eigenvalue weighted by Crippen LogP contribution is -2.29. The summed E-state index contributed by atoms with van der Waals surface area (Å²) in [6, 6.07) is 13.2. The second kappa shape index (κ2) is 7.64. The molecule has 2 rings (SSSR count). The Morgan fingerprint density at radius 1 is 1.04 bits per heavy atom. The summed E-state index contributed by atoms with van der Waals surface area (Å²) in [5, 5.41) is 12.1. The standard InChI is InChI=1S/C19H22N2O3/c1-13-7-6-10-16(14(13)2)20-17-9-5-4-8-15(17)19(24)21(3)12-11-18(22)23/h4-10,20H,11-12H2,1-3H3,(H,22,23). The lowest BCUT2D eigenvalue weighted by Gasteiger charge is -2.19. The number of carbonyl (C=O) groups is 2. The first kappa shape index (κ1) is 17.5. The molecule has 0 bridgehead atoms. The van der Waals surface area contributed by atoms with Crippen molar-refractivity contribution in [2.75, 3.05) is 18.9 Å². The number of para-hydroxylation sites is 1. The van der Waals surface area contributed by atoms with Crippen molar-refractivity contribution in [1.82, 2.24) is 4.90 Å². The van der Waals surface area contributed by atoms with Crippen LogP contribution in [-0.2, 0) is 4.79 Å². The molecule has 24 heavy (non-hydrogen) atoms. The zero-order valence-electron chi connectivity index (χ0n) is 14.2. The third kappa shape index (κ3) is 4.13. The molecule has 1 amide bonds. The largest absolute Gasteiger partial charge is 0.481 e. The van der Waals surface area contributed by atoms with Gasteiger partial charge in [0.2, 0.25) is 0 Å². The average molecular weight is 326 g/mol. The maximum atomic E-state index is 12.6. The van der Waals surface area contributed by atoms with Crippen LogP contribution in [0.15, 0.2) is 42.5 Å². The molecule has 0 aliphatic rings. The first-order valence-corrected chi connectivity index (χ1v) is 7.79. The summed E-state index contributed by atoms with van der Waals surface area (Å²) >= 11 is 0. The number of carboxylic acid groups (broad SMARTS) is 1. The Labute approximate surface area is 141 Å². The van der Waals surface area contributed by atoms with Crippen LogP contribution >= 0.6 is 0 Å². The SMILES string of the molecule is Cc1cccc(Nc2ccccc2C(=O)N(C)CCC(=O)O)c1C. The number of carbonyl (C=O) groups excluding carboxylic acids is 1. The summed E-state index contributed by atoms with van der Waals surface area (Å²) in [5.74, 6) is -1.12. The Kier molecular flexibility index (Phi) is 5.58. The van der Waals surface area contributed by atoms with Gasteiger partial charge in [0, 0.05) is 19.3 Å². The highest BCUT2D eigenvalue weighted by Gasteiger charge is 2.16. The molecule has 2 N–H and O–H groups in total. The summed E-state index contributed by atoms with van der Waals surface area (Å²) in [7, 11) is 1.61. The number of hydrogen-bond acceptors (Lipinski definition) is 3. The fraction of sp³-hybridized carbons (Fsp3) is 0.263. The highest BCUT2D eigenvalue weighted by molar-refractivity contribution is 6.00. The van der Waals surface area contributed by atoms with Gasteiger partial charge >= 0.3 is 5.97 Å². The van der Waals surface area contributed by atoms with Crippen LogP contribution in [0.1, 0.15) is 27.9 Å². The number of hydrogen-bond donors (Lipinski definition) is 2. The highest BCUT2D eigenvalue weighted by atomic mass is 16.4. The molecule has 0 saturated heterocycles. The van der Waals surface area contributed by atoms with Crippen molar-refractivity contribution in [3.8, 4) is 0 Å². The second-order valence-electron chi connectivity index (χ2n) is 5.79. The molecule has 2 aromatic rings. The van der Waals surface area contributed by atoms with Gasteiger partial charge in [-0.1, -0.05) is 24.3 Å². The minimum Gasteiger partial charge on any atom is -0.481 e. The molecule has 5 nitrogen and oxygen atoms in total. The molecule has 0 saturated carbocycles. The van der Waals surface area contributed by atoms with Crippen LogP contribution in [0.3, 0.4) is 0 Å². The lowest BCUT2D eigenvalue weighted by atomic mass is 10.1. The third-order valence-corrected chi connectivity index (χ3v) is 4.04. The number of aliphatic carboxylic acids is 1. The number of anilines is 2. The van der Waals surface area contributed by atoms with Crippen molar-refractivity contribution >= 4 is 23.3 Å². The summed E-state index contributed by atoms with van der Waals surface area (Å²) < 4.78 is 0. The van der Waals surface area contributed by atoms with Crippen LogP contribution in [0, 0.1) is 13.8 Å². The van der Waals surface area contributed by atoms with Gasteiger partial charge in [-0.2, -0.15) is 0 Å². The van der Waals surface area contributed by atoms with Crippen molar-refractivity contribution in [1.29, 1.82) is 0 Å². The minimum atomic E-state index is -0.920. The van der Waals surface area contributed by atoms with Crippen LogP contribution in [0.2, 0.25) is 0 Å². The van der Waals surface area contributed by atoms with Crippen LogP contribution < -0.4 is 5.32 Å². The lowest BCUT2D eigenvalue weighted by molar-refractivity contribution is -0.137. The van der Waals surface area contributed by atoms with E-state index in [1.807, 2.05) is 44.2 Å². The molecular weight excluding hydrogens is 304 g/mol. The normalized spacial score (nSPS) is 10.3. The van der Waals surface area contributed by atoms with Crippen molar-refractivity contribution < 1.29 is 14.7 Å². The topological polar surface area (TPSA) is 69.6 Å². The smallest absolute Gasteiger partial charge is 0.305 e. The van der Waals surface area contributed by atoms with Gasteiger partial charge in [-0.25, -0.2) is 0 Å². The molecule has 126 valence electrons. The molecule has 0 spiro atoms. The molecule has 0 aliphatic carbocycles. The predicted molar refractivity (Wildman–Crippen MR) is 94.9 cm³/mol. The molecule has 0 fully saturated rings. The molecule has 0 aliphatic heterocycles. The van der Waals surface area contributed by atoms with E-state index in [0.29, 0.717) is 11.3 Å². The van der Waals surface area contributed by atoms with Gasteiger partial charge in [0.05, 0.1) is 17.7 Å². The highest BCUT2D eigenvalue weighted by Crippen LogP contribution is 2.25. The van der Waals surface area contributed by atoms with E-state index in [0.717, 1.165) is 11.3 Å². The maximum Gasteiger partial charge on any atom is 0.305 e.